The lowest BCUT2D eigenvalue weighted by molar-refractivity contribution is 0.366. The molecule has 0 saturated heterocycles. The summed E-state index contributed by atoms with van der Waals surface area (Å²) in [7, 11) is 1.46. The van der Waals surface area contributed by atoms with Gasteiger partial charge in [0.25, 0.3) is 0 Å². The van der Waals surface area contributed by atoms with Crippen molar-refractivity contribution in [2.75, 3.05) is 7.11 Å². The second kappa shape index (κ2) is 5.23. The number of methoxy groups -OCH3 is 1. The second-order valence-corrected chi connectivity index (χ2v) is 5.02. The lowest BCUT2D eigenvalue weighted by Crippen LogP contribution is -2.37. The van der Waals surface area contributed by atoms with E-state index in [0.29, 0.717) is 5.56 Å². The Morgan fingerprint density at radius 2 is 2.05 bits per heavy atom. The van der Waals surface area contributed by atoms with Crippen LogP contribution in [0.25, 0.3) is 0 Å². The molecule has 2 atom stereocenters. The van der Waals surface area contributed by atoms with Crippen molar-refractivity contribution in [3.63, 3.8) is 0 Å². The van der Waals surface area contributed by atoms with Crippen molar-refractivity contribution in [2.24, 2.45) is 5.84 Å². The normalized spacial score (nSPS) is 18.1. The summed E-state index contributed by atoms with van der Waals surface area (Å²) in [6, 6.07) is 13.1. The summed E-state index contributed by atoms with van der Waals surface area (Å²) in [4.78, 5) is 0. The minimum absolute atomic E-state index is 0.192. The molecule has 3 N–H and O–H groups in total. The number of fused-ring (bicyclic) bond motifs is 1. The minimum Gasteiger partial charge on any atom is -0.494 e. The Labute approximate surface area is 117 Å². The first kappa shape index (κ1) is 13.1. The molecule has 3 rings (SSSR count). The molecule has 104 valence electrons. The molecule has 2 aromatic carbocycles. The predicted octanol–water partition coefficient (Wildman–Crippen LogP) is 2.68. The third-order valence-electron chi connectivity index (χ3n) is 4.02. The van der Waals surface area contributed by atoms with E-state index >= 15 is 0 Å². The van der Waals surface area contributed by atoms with Crippen LogP contribution in [0.5, 0.6) is 5.75 Å². The number of nitrogens with one attached hydrogen (secondary N) is 1. The van der Waals surface area contributed by atoms with Gasteiger partial charge in [-0.25, -0.2) is 4.39 Å². The Bertz CT molecular complexity index is 630. The zero-order chi connectivity index (χ0) is 14.1. The van der Waals surface area contributed by atoms with E-state index in [9.17, 15) is 4.39 Å². The fraction of sp³-hybridized carbons (Fsp3) is 0.250. The Kier molecular flexibility index (Phi) is 3.42. The van der Waals surface area contributed by atoms with Crippen LogP contribution < -0.4 is 16.0 Å². The molecule has 0 saturated carbocycles. The highest BCUT2D eigenvalue weighted by atomic mass is 19.1. The van der Waals surface area contributed by atoms with Crippen LogP contribution in [0.3, 0.4) is 0 Å². The van der Waals surface area contributed by atoms with Crippen LogP contribution in [0.15, 0.2) is 42.5 Å². The van der Waals surface area contributed by atoms with Crippen LogP contribution in [0, 0.1) is 5.82 Å². The van der Waals surface area contributed by atoms with E-state index in [0.717, 1.165) is 6.42 Å². The number of halogens is 1. The molecule has 0 aromatic heterocycles. The highest BCUT2D eigenvalue weighted by Gasteiger charge is 2.34. The molecule has 0 aliphatic heterocycles. The smallest absolute Gasteiger partial charge is 0.169 e. The topological polar surface area (TPSA) is 47.3 Å². The van der Waals surface area contributed by atoms with Crippen molar-refractivity contribution in [2.45, 2.75) is 18.4 Å². The largest absolute Gasteiger partial charge is 0.494 e. The molecule has 0 bridgehead atoms. The lowest BCUT2D eigenvalue weighted by Gasteiger charge is -2.36. The third-order valence-corrected chi connectivity index (χ3v) is 4.02. The highest BCUT2D eigenvalue weighted by molar-refractivity contribution is 5.44. The summed E-state index contributed by atoms with van der Waals surface area (Å²) in [5, 5.41) is 0. The van der Waals surface area contributed by atoms with Gasteiger partial charge in [-0.3, -0.25) is 11.3 Å². The number of hydrogen-bond acceptors (Lipinski definition) is 3. The molecule has 1 aliphatic carbocycles. The Balaban J connectivity index is 1.97. The fourth-order valence-corrected chi connectivity index (χ4v) is 2.94. The van der Waals surface area contributed by atoms with Crippen molar-refractivity contribution in [3.8, 4) is 5.75 Å². The van der Waals surface area contributed by atoms with Gasteiger partial charge in [-0.15, -0.1) is 0 Å². The lowest BCUT2D eigenvalue weighted by atomic mass is 9.72. The minimum atomic E-state index is -0.345. The van der Waals surface area contributed by atoms with E-state index in [1.165, 1.54) is 18.2 Å². The molecule has 0 radical (unpaired) electrons. The van der Waals surface area contributed by atoms with E-state index in [1.807, 2.05) is 12.1 Å². The molecule has 20 heavy (non-hydrogen) atoms. The summed E-state index contributed by atoms with van der Waals surface area (Å²) < 4.78 is 19.4. The summed E-state index contributed by atoms with van der Waals surface area (Å²) in [6.45, 7) is 0. The first-order valence-electron chi connectivity index (χ1n) is 6.62. The van der Waals surface area contributed by atoms with Crippen LogP contribution in [0.4, 0.5) is 4.39 Å². The summed E-state index contributed by atoms with van der Waals surface area (Å²) >= 11 is 0. The number of hydrogen-bond donors (Lipinski definition) is 2. The molecule has 4 heteroatoms. The van der Waals surface area contributed by atoms with Gasteiger partial charge in [0.15, 0.2) is 11.6 Å². The molecular weight excluding hydrogens is 255 g/mol. The van der Waals surface area contributed by atoms with E-state index in [-0.39, 0.29) is 23.5 Å². The molecular formula is C16H17FN2O. The standard InChI is InChI=1S/C16H17FN2O/c1-20-14-8-4-7-12(15(14)17)16(19-18)13-9-10-5-2-3-6-11(10)13/h2-8,13,16,19H,9,18H2,1H3. The maximum absolute atomic E-state index is 14.4. The first-order valence-corrected chi connectivity index (χ1v) is 6.62. The van der Waals surface area contributed by atoms with Crippen molar-refractivity contribution in [3.05, 3.63) is 65.0 Å². The zero-order valence-electron chi connectivity index (χ0n) is 11.3. The molecule has 0 amide bonds. The molecule has 2 aromatic rings. The van der Waals surface area contributed by atoms with E-state index < -0.39 is 0 Å². The van der Waals surface area contributed by atoms with Crippen LogP contribution >= 0.6 is 0 Å². The van der Waals surface area contributed by atoms with Gasteiger partial charge in [-0.05, 0) is 23.6 Å². The maximum Gasteiger partial charge on any atom is 0.169 e. The van der Waals surface area contributed by atoms with Crippen molar-refractivity contribution in [1.29, 1.82) is 0 Å². The second-order valence-electron chi connectivity index (χ2n) is 5.02. The molecule has 0 fully saturated rings. The van der Waals surface area contributed by atoms with Crippen molar-refractivity contribution < 1.29 is 9.13 Å². The summed E-state index contributed by atoms with van der Waals surface area (Å²) in [5.41, 5.74) is 5.85. The van der Waals surface area contributed by atoms with E-state index in [1.54, 1.807) is 18.2 Å². The summed E-state index contributed by atoms with van der Waals surface area (Å²) in [6.07, 6.45) is 0.904. The van der Waals surface area contributed by atoms with Crippen LogP contribution in [-0.4, -0.2) is 7.11 Å². The van der Waals surface area contributed by atoms with Gasteiger partial charge in [-0.1, -0.05) is 36.4 Å². The van der Waals surface area contributed by atoms with Crippen LogP contribution in [-0.2, 0) is 6.42 Å². The number of rotatable bonds is 4. The molecule has 0 heterocycles. The van der Waals surface area contributed by atoms with Crippen LogP contribution in [0.2, 0.25) is 0 Å². The van der Waals surface area contributed by atoms with Gasteiger partial charge in [-0.2, -0.15) is 0 Å². The highest BCUT2D eigenvalue weighted by Crippen LogP contribution is 2.44. The van der Waals surface area contributed by atoms with Gasteiger partial charge in [0.1, 0.15) is 0 Å². The van der Waals surface area contributed by atoms with Crippen LogP contribution in [0.1, 0.15) is 28.7 Å². The van der Waals surface area contributed by atoms with E-state index in [2.05, 4.69) is 17.6 Å². The Morgan fingerprint density at radius 3 is 2.75 bits per heavy atom. The Hall–Kier alpha value is -1.91. The molecule has 1 aliphatic rings. The maximum atomic E-state index is 14.4. The number of hydrazine groups is 1. The predicted molar refractivity (Wildman–Crippen MR) is 75.9 cm³/mol. The van der Waals surface area contributed by atoms with Gasteiger partial charge in [0, 0.05) is 11.5 Å². The zero-order valence-corrected chi connectivity index (χ0v) is 11.3. The van der Waals surface area contributed by atoms with E-state index in [4.69, 9.17) is 10.6 Å². The SMILES string of the molecule is COc1cccc(C(NN)C2Cc3ccccc32)c1F. The average Bonchev–Trinajstić information content (AvgIpc) is 2.46. The van der Waals surface area contributed by atoms with Crippen molar-refractivity contribution >= 4 is 0 Å². The monoisotopic (exact) mass is 272 g/mol. The molecule has 3 nitrogen and oxygen atoms in total. The van der Waals surface area contributed by atoms with Gasteiger partial charge in [0.05, 0.1) is 13.2 Å². The first-order chi connectivity index (χ1) is 9.76. The quantitative estimate of drug-likeness (QED) is 0.664. The number of nitrogens with two attached hydrogens (primary N) is 1. The van der Waals surface area contributed by atoms with Gasteiger partial charge >= 0.3 is 0 Å². The van der Waals surface area contributed by atoms with Gasteiger partial charge < -0.3 is 4.74 Å². The Morgan fingerprint density at radius 1 is 1.25 bits per heavy atom. The molecule has 2 unspecified atom stereocenters. The van der Waals surface area contributed by atoms with Gasteiger partial charge in [0.2, 0.25) is 0 Å². The average molecular weight is 272 g/mol. The third kappa shape index (κ3) is 1.97. The summed E-state index contributed by atoms with van der Waals surface area (Å²) in [5.74, 6) is 5.77. The fourth-order valence-electron chi connectivity index (χ4n) is 2.94. The van der Waals surface area contributed by atoms with Crippen molar-refractivity contribution in [1.82, 2.24) is 5.43 Å². The molecule has 0 spiro atoms. The number of ether oxygens (including phenoxy) is 1. The number of benzene rings is 2.